The summed E-state index contributed by atoms with van der Waals surface area (Å²) in [7, 11) is 0. The van der Waals surface area contributed by atoms with Crippen LogP contribution in [0.2, 0.25) is 5.02 Å². The van der Waals surface area contributed by atoms with E-state index in [4.69, 9.17) is 11.6 Å². The molecule has 2 heterocycles. The number of carbonyl (C=O) groups excluding carboxylic acids is 3. The fourth-order valence-corrected chi connectivity index (χ4v) is 2.86. The van der Waals surface area contributed by atoms with Gasteiger partial charge in [-0.25, -0.2) is 14.8 Å². The molecule has 1 fully saturated rings. The highest BCUT2D eigenvalue weighted by atomic mass is 35.5. The lowest BCUT2D eigenvalue weighted by atomic mass is 10.2. The zero-order valence-corrected chi connectivity index (χ0v) is 15.2. The average molecular weight is 392 g/mol. The molecule has 2 N–H and O–H groups in total. The summed E-state index contributed by atoms with van der Waals surface area (Å²) >= 11 is 7.31. The van der Waals surface area contributed by atoms with E-state index in [0.717, 1.165) is 4.90 Å². The van der Waals surface area contributed by atoms with Crippen LogP contribution in [0.1, 0.15) is 16.1 Å². The monoisotopic (exact) mass is 391 g/mol. The molecule has 4 amide bonds. The number of urea groups is 1. The minimum atomic E-state index is -0.472. The van der Waals surface area contributed by atoms with E-state index >= 15 is 0 Å². The Morgan fingerprint density at radius 3 is 2.92 bits per heavy atom. The molecule has 0 unspecified atom stereocenters. The summed E-state index contributed by atoms with van der Waals surface area (Å²) in [5.74, 6) is -0.762. The number of imide groups is 1. The van der Waals surface area contributed by atoms with Crippen LogP contribution in [-0.4, -0.2) is 45.5 Å². The topological polar surface area (TPSA) is 104 Å². The Morgan fingerprint density at radius 2 is 2.23 bits per heavy atom. The highest BCUT2D eigenvalue weighted by molar-refractivity contribution is 7.98. The molecule has 1 saturated heterocycles. The van der Waals surface area contributed by atoms with Gasteiger partial charge in [-0.3, -0.25) is 14.5 Å². The maximum absolute atomic E-state index is 12.4. The number of rotatable bonds is 5. The summed E-state index contributed by atoms with van der Waals surface area (Å²) in [5.41, 5.74) is 1.28. The Kier molecular flexibility index (Phi) is 5.38. The van der Waals surface area contributed by atoms with E-state index < -0.39 is 11.9 Å². The summed E-state index contributed by atoms with van der Waals surface area (Å²) in [6.45, 7) is 0.124. The third kappa shape index (κ3) is 3.94. The van der Waals surface area contributed by atoms with Gasteiger partial charge in [-0.2, -0.15) is 0 Å². The van der Waals surface area contributed by atoms with Gasteiger partial charge in [-0.1, -0.05) is 35.5 Å². The highest BCUT2D eigenvalue weighted by Gasteiger charge is 2.28. The van der Waals surface area contributed by atoms with Gasteiger partial charge in [0.15, 0.2) is 10.9 Å². The maximum atomic E-state index is 12.4. The van der Waals surface area contributed by atoms with Gasteiger partial charge in [0.05, 0.1) is 24.3 Å². The molecule has 1 aliphatic rings. The Morgan fingerprint density at radius 1 is 1.42 bits per heavy atom. The lowest BCUT2D eigenvalue weighted by molar-refractivity contribution is -0.125. The zero-order valence-electron chi connectivity index (χ0n) is 13.7. The predicted octanol–water partition coefficient (Wildman–Crippen LogP) is 2.16. The molecule has 0 saturated carbocycles. The van der Waals surface area contributed by atoms with E-state index in [-0.39, 0.29) is 29.7 Å². The van der Waals surface area contributed by atoms with Crippen molar-refractivity contribution in [2.75, 3.05) is 18.1 Å². The molecule has 10 heteroatoms. The summed E-state index contributed by atoms with van der Waals surface area (Å²) in [6, 6.07) is 6.43. The van der Waals surface area contributed by atoms with Crippen LogP contribution >= 0.6 is 23.4 Å². The third-order valence-corrected chi connectivity index (χ3v) is 4.42. The van der Waals surface area contributed by atoms with Gasteiger partial charge >= 0.3 is 6.03 Å². The van der Waals surface area contributed by atoms with Crippen molar-refractivity contribution in [3.8, 4) is 0 Å². The Bertz CT molecular complexity index is 876. The molecule has 0 bridgehead atoms. The van der Waals surface area contributed by atoms with Crippen molar-refractivity contribution in [1.82, 2.24) is 20.2 Å². The van der Waals surface area contributed by atoms with Crippen molar-refractivity contribution in [1.29, 1.82) is 0 Å². The lowest BCUT2D eigenvalue weighted by Gasteiger charge is -2.13. The molecule has 0 spiro atoms. The van der Waals surface area contributed by atoms with Crippen molar-refractivity contribution < 1.29 is 14.4 Å². The van der Waals surface area contributed by atoms with Crippen LogP contribution in [0.25, 0.3) is 0 Å². The number of nitrogens with one attached hydrogen (secondary N) is 2. The summed E-state index contributed by atoms with van der Waals surface area (Å²) < 4.78 is 0. The molecular weight excluding hydrogens is 378 g/mol. The first kappa shape index (κ1) is 18.2. The number of hydrogen-bond donors (Lipinski definition) is 2. The number of aromatic nitrogens is 2. The number of carbonyl (C=O) groups is 3. The van der Waals surface area contributed by atoms with Crippen LogP contribution < -0.4 is 10.6 Å². The fourth-order valence-electron chi connectivity index (χ4n) is 2.34. The molecule has 0 atom stereocenters. The summed E-state index contributed by atoms with van der Waals surface area (Å²) in [6.07, 6.45) is 3.17. The largest absolute Gasteiger partial charge is 0.329 e. The minimum absolute atomic E-state index is 0.000749. The molecule has 0 aliphatic carbocycles. The Labute approximate surface area is 158 Å². The van der Waals surface area contributed by atoms with Gasteiger partial charge in [0.2, 0.25) is 5.91 Å². The molecule has 8 nitrogen and oxygen atoms in total. The summed E-state index contributed by atoms with van der Waals surface area (Å²) in [4.78, 5) is 45.0. The number of hydrogen-bond acceptors (Lipinski definition) is 6. The molecular formula is C16H14ClN5O3S. The van der Waals surface area contributed by atoms with Crippen LogP contribution in [-0.2, 0) is 11.3 Å². The first-order valence-electron chi connectivity index (χ1n) is 7.53. The minimum Gasteiger partial charge on any atom is -0.329 e. The standard InChI is InChI=1S/C16H14ClN5O3S/c1-26-15-18-6-11(17)13(21-15)14(24)20-10-4-2-3-9(5-10)8-22-12(23)7-19-16(22)25/h2-6H,7-8H2,1H3,(H,19,25)(H,20,24). The number of halogens is 1. The molecule has 0 radical (unpaired) electrons. The van der Waals surface area contributed by atoms with E-state index in [9.17, 15) is 14.4 Å². The molecule has 134 valence electrons. The van der Waals surface area contributed by atoms with Gasteiger partial charge in [-0.05, 0) is 24.0 Å². The maximum Gasteiger partial charge on any atom is 0.324 e. The van der Waals surface area contributed by atoms with Gasteiger partial charge in [0.25, 0.3) is 5.91 Å². The number of benzene rings is 1. The van der Waals surface area contributed by atoms with E-state index in [1.165, 1.54) is 18.0 Å². The SMILES string of the molecule is CSc1ncc(Cl)c(C(=O)Nc2cccc(CN3C(=O)CNC3=O)c2)n1. The second kappa shape index (κ2) is 7.71. The second-order valence-corrected chi connectivity index (χ2v) is 6.53. The van der Waals surface area contributed by atoms with Crippen molar-refractivity contribution in [3.05, 3.63) is 46.7 Å². The van der Waals surface area contributed by atoms with Gasteiger partial charge in [0.1, 0.15) is 0 Å². The number of thioether (sulfide) groups is 1. The quantitative estimate of drug-likeness (QED) is 0.459. The van der Waals surface area contributed by atoms with E-state index in [1.807, 2.05) is 0 Å². The molecule has 1 aliphatic heterocycles. The van der Waals surface area contributed by atoms with Crippen LogP contribution in [0.5, 0.6) is 0 Å². The lowest BCUT2D eigenvalue weighted by Crippen LogP contribution is -2.30. The van der Waals surface area contributed by atoms with Gasteiger partial charge in [0, 0.05) is 5.69 Å². The number of nitrogens with zero attached hydrogens (tertiary/aromatic N) is 3. The smallest absolute Gasteiger partial charge is 0.324 e. The molecule has 1 aromatic carbocycles. The predicted molar refractivity (Wildman–Crippen MR) is 97.2 cm³/mol. The van der Waals surface area contributed by atoms with Gasteiger partial charge in [-0.15, -0.1) is 0 Å². The fraction of sp³-hybridized carbons (Fsp3) is 0.188. The van der Waals surface area contributed by atoms with Crippen LogP contribution in [0.4, 0.5) is 10.5 Å². The molecule has 1 aromatic heterocycles. The number of amides is 4. The van der Waals surface area contributed by atoms with E-state index in [2.05, 4.69) is 20.6 Å². The first-order chi connectivity index (χ1) is 12.5. The Hall–Kier alpha value is -2.65. The number of anilines is 1. The van der Waals surface area contributed by atoms with Crippen LogP contribution in [0.15, 0.2) is 35.6 Å². The second-order valence-electron chi connectivity index (χ2n) is 5.35. The molecule has 26 heavy (non-hydrogen) atoms. The van der Waals surface area contributed by atoms with Gasteiger partial charge < -0.3 is 10.6 Å². The van der Waals surface area contributed by atoms with E-state index in [1.54, 1.807) is 30.5 Å². The van der Waals surface area contributed by atoms with E-state index in [0.29, 0.717) is 16.4 Å². The van der Waals surface area contributed by atoms with Crippen molar-refractivity contribution in [2.24, 2.45) is 0 Å². The molecule has 3 rings (SSSR count). The van der Waals surface area contributed by atoms with Crippen molar-refractivity contribution >= 4 is 46.9 Å². The highest BCUT2D eigenvalue weighted by Crippen LogP contribution is 2.19. The zero-order chi connectivity index (χ0) is 18.7. The Balaban J connectivity index is 1.75. The average Bonchev–Trinajstić information content (AvgIpc) is 2.94. The first-order valence-corrected chi connectivity index (χ1v) is 9.13. The van der Waals surface area contributed by atoms with Crippen molar-refractivity contribution in [2.45, 2.75) is 11.7 Å². The molecule has 2 aromatic rings. The third-order valence-electron chi connectivity index (χ3n) is 3.58. The van der Waals surface area contributed by atoms with Crippen LogP contribution in [0, 0.1) is 0 Å². The normalized spacial score (nSPS) is 13.7. The summed E-state index contributed by atoms with van der Waals surface area (Å²) in [5, 5.41) is 5.76. The van der Waals surface area contributed by atoms with Crippen molar-refractivity contribution in [3.63, 3.8) is 0 Å². The van der Waals surface area contributed by atoms with Crippen LogP contribution in [0.3, 0.4) is 0 Å².